The average molecular weight is 431 g/mol. The molecule has 3 aromatic rings. The fraction of sp³-hybridized carbons (Fsp3) is 0.240. The largest absolute Gasteiger partial charge is 0.496 e. The highest BCUT2D eigenvalue weighted by Gasteiger charge is 2.46. The minimum absolute atomic E-state index is 0.0404. The number of hydrogen-bond acceptors (Lipinski definition) is 6. The van der Waals surface area contributed by atoms with Gasteiger partial charge in [0.05, 0.1) is 18.7 Å². The van der Waals surface area contributed by atoms with E-state index in [1.807, 2.05) is 63.2 Å². The molecular formula is C25H25N3O4. The van der Waals surface area contributed by atoms with Crippen molar-refractivity contribution in [3.8, 4) is 17.0 Å². The predicted octanol–water partition coefficient (Wildman–Crippen LogP) is 4.27. The summed E-state index contributed by atoms with van der Waals surface area (Å²) in [5.41, 5.74) is 8.64. The smallest absolute Gasteiger partial charge is 0.275 e. The Labute approximate surface area is 186 Å². The number of aromatic nitrogens is 1. The number of methoxy groups -OCH3 is 1. The van der Waals surface area contributed by atoms with Gasteiger partial charge in [-0.15, -0.1) is 0 Å². The molecule has 7 nitrogen and oxygen atoms in total. The Hall–Kier alpha value is -3.87. The molecule has 4 rings (SSSR count). The number of rotatable bonds is 5. The number of ether oxygens (including phenoxy) is 1. The van der Waals surface area contributed by atoms with E-state index in [0.29, 0.717) is 22.7 Å². The molecule has 0 bridgehead atoms. The summed E-state index contributed by atoms with van der Waals surface area (Å²) in [5, 5.41) is 3.94. The summed E-state index contributed by atoms with van der Waals surface area (Å²) in [6, 6.07) is 15.7. The maximum atomic E-state index is 13.4. The number of Topliss-reactive ketones (excluding diaryl/α,β-unsaturated/α-hetero) is 1. The van der Waals surface area contributed by atoms with E-state index in [1.165, 1.54) is 6.26 Å². The van der Waals surface area contributed by atoms with Crippen LogP contribution in [0.1, 0.15) is 32.4 Å². The number of nitrogens with two attached hydrogens (primary N) is 1. The fourth-order valence-electron chi connectivity index (χ4n) is 3.90. The van der Waals surface area contributed by atoms with Crippen molar-refractivity contribution in [3.05, 3.63) is 77.7 Å². The molecular weight excluding hydrogens is 406 g/mol. The van der Waals surface area contributed by atoms with E-state index in [1.54, 1.807) is 24.1 Å². The van der Waals surface area contributed by atoms with Gasteiger partial charge in [-0.3, -0.25) is 14.5 Å². The van der Waals surface area contributed by atoms with Crippen molar-refractivity contribution in [2.24, 2.45) is 11.1 Å². The Bertz CT molecular complexity index is 1190. The third-order valence-electron chi connectivity index (χ3n) is 5.51. The van der Waals surface area contributed by atoms with Crippen LogP contribution >= 0.6 is 0 Å². The lowest BCUT2D eigenvalue weighted by Gasteiger charge is -2.30. The molecule has 2 aromatic carbocycles. The van der Waals surface area contributed by atoms with Crippen LogP contribution in [0, 0.1) is 5.41 Å². The molecule has 0 radical (unpaired) electrons. The molecule has 32 heavy (non-hydrogen) atoms. The Balaban J connectivity index is 1.86. The first-order valence-electron chi connectivity index (χ1n) is 10.3. The van der Waals surface area contributed by atoms with Gasteiger partial charge in [-0.2, -0.15) is 0 Å². The number of carbonyl (C=O) groups is 2. The van der Waals surface area contributed by atoms with Crippen LogP contribution in [0.25, 0.3) is 11.3 Å². The Morgan fingerprint density at radius 2 is 1.78 bits per heavy atom. The van der Waals surface area contributed by atoms with Gasteiger partial charge in [-0.1, -0.05) is 56.3 Å². The highest BCUT2D eigenvalue weighted by atomic mass is 16.5. The first-order chi connectivity index (χ1) is 15.2. The van der Waals surface area contributed by atoms with Gasteiger partial charge in [0.25, 0.3) is 5.91 Å². The summed E-state index contributed by atoms with van der Waals surface area (Å²) in [6.07, 6.45) is 1.50. The van der Waals surface area contributed by atoms with E-state index in [0.717, 1.165) is 5.56 Å². The predicted molar refractivity (Wildman–Crippen MR) is 121 cm³/mol. The van der Waals surface area contributed by atoms with Gasteiger partial charge in [0.2, 0.25) is 0 Å². The van der Waals surface area contributed by atoms with E-state index < -0.39 is 17.4 Å². The zero-order chi connectivity index (χ0) is 23.0. The van der Waals surface area contributed by atoms with E-state index in [-0.39, 0.29) is 17.1 Å². The number of amides is 1. The maximum Gasteiger partial charge on any atom is 0.275 e. The first kappa shape index (κ1) is 21.4. The lowest BCUT2D eigenvalue weighted by molar-refractivity contribution is -0.122. The zero-order valence-corrected chi connectivity index (χ0v) is 18.5. The fourth-order valence-corrected chi connectivity index (χ4v) is 3.90. The zero-order valence-electron chi connectivity index (χ0n) is 18.5. The number of nitrogens with zero attached hydrogens (tertiary/aromatic N) is 2. The van der Waals surface area contributed by atoms with Gasteiger partial charge in [0.1, 0.15) is 23.4 Å². The molecule has 0 fully saturated rings. The van der Waals surface area contributed by atoms with E-state index in [9.17, 15) is 9.59 Å². The maximum absolute atomic E-state index is 13.4. The molecule has 164 valence electrons. The molecule has 1 unspecified atom stereocenters. The lowest BCUT2D eigenvalue weighted by atomic mass is 9.82. The number of ketones is 1. The van der Waals surface area contributed by atoms with Crippen molar-refractivity contribution in [3.63, 3.8) is 0 Å². The van der Waals surface area contributed by atoms with E-state index in [2.05, 4.69) is 5.16 Å². The average Bonchev–Trinajstić information content (AvgIpc) is 3.40. The molecule has 1 amide bonds. The van der Waals surface area contributed by atoms with Crippen molar-refractivity contribution in [2.45, 2.75) is 26.8 Å². The van der Waals surface area contributed by atoms with Gasteiger partial charge in [0.15, 0.2) is 5.78 Å². The highest BCUT2D eigenvalue weighted by Crippen LogP contribution is 2.45. The normalized spacial score (nSPS) is 16.6. The van der Waals surface area contributed by atoms with Crippen molar-refractivity contribution < 1.29 is 18.8 Å². The van der Waals surface area contributed by atoms with Gasteiger partial charge in [-0.05, 0) is 18.2 Å². The van der Waals surface area contributed by atoms with Crippen LogP contribution in [0.3, 0.4) is 0 Å². The van der Waals surface area contributed by atoms with Crippen LogP contribution in [-0.2, 0) is 9.59 Å². The minimum Gasteiger partial charge on any atom is -0.496 e. The standard InChI is InChI=1S/C25H25N3O4/c1-25(2,3)23(29)20-21(26)24(30)28(22(20)17-7-5-6-8-19(17)31-4)16-11-9-15(10-12-16)18-13-14-32-27-18/h5-14,22H,26H2,1-4H3. The summed E-state index contributed by atoms with van der Waals surface area (Å²) < 4.78 is 10.5. The van der Waals surface area contributed by atoms with Crippen LogP contribution in [-0.4, -0.2) is 24.0 Å². The summed E-state index contributed by atoms with van der Waals surface area (Å²) in [6.45, 7) is 5.44. The molecule has 1 atom stereocenters. The van der Waals surface area contributed by atoms with Gasteiger partial charge in [0, 0.05) is 28.3 Å². The van der Waals surface area contributed by atoms with Crippen molar-refractivity contribution in [1.29, 1.82) is 0 Å². The van der Waals surface area contributed by atoms with Crippen LogP contribution in [0.4, 0.5) is 5.69 Å². The van der Waals surface area contributed by atoms with Crippen molar-refractivity contribution in [1.82, 2.24) is 5.16 Å². The third-order valence-corrected chi connectivity index (χ3v) is 5.51. The number of carbonyl (C=O) groups excluding carboxylic acids is 2. The monoisotopic (exact) mass is 431 g/mol. The van der Waals surface area contributed by atoms with Crippen LogP contribution in [0.2, 0.25) is 0 Å². The molecule has 1 aliphatic heterocycles. The molecule has 2 N–H and O–H groups in total. The molecule has 1 aliphatic rings. The van der Waals surface area contributed by atoms with Crippen LogP contribution in [0.15, 0.2) is 76.7 Å². The molecule has 0 spiro atoms. The first-order valence-corrected chi connectivity index (χ1v) is 10.3. The molecule has 0 saturated carbocycles. The summed E-state index contributed by atoms with van der Waals surface area (Å²) in [4.78, 5) is 28.3. The van der Waals surface area contributed by atoms with Crippen molar-refractivity contribution >= 4 is 17.4 Å². The van der Waals surface area contributed by atoms with E-state index in [4.69, 9.17) is 15.0 Å². The summed E-state index contributed by atoms with van der Waals surface area (Å²) in [7, 11) is 1.56. The summed E-state index contributed by atoms with van der Waals surface area (Å²) >= 11 is 0. The molecule has 2 heterocycles. The Morgan fingerprint density at radius 1 is 1.09 bits per heavy atom. The second-order valence-electron chi connectivity index (χ2n) is 8.66. The number of benzene rings is 2. The molecule has 0 aliphatic carbocycles. The van der Waals surface area contributed by atoms with Crippen LogP contribution in [0.5, 0.6) is 5.75 Å². The lowest BCUT2D eigenvalue weighted by Crippen LogP contribution is -2.33. The molecule has 7 heteroatoms. The molecule has 1 aromatic heterocycles. The number of anilines is 1. The SMILES string of the molecule is COc1ccccc1C1C(C(=O)C(C)(C)C)=C(N)C(=O)N1c1ccc(-c2ccon2)cc1. The van der Waals surface area contributed by atoms with Crippen LogP contribution < -0.4 is 15.4 Å². The Kier molecular flexibility index (Phi) is 5.34. The summed E-state index contributed by atoms with van der Waals surface area (Å²) in [5.74, 6) is -0.0212. The molecule has 0 saturated heterocycles. The van der Waals surface area contributed by atoms with E-state index >= 15 is 0 Å². The third kappa shape index (κ3) is 3.56. The van der Waals surface area contributed by atoms with Crippen molar-refractivity contribution in [2.75, 3.05) is 12.0 Å². The number of hydrogen-bond donors (Lipinski definition) is 1. The topological polar surface area (TPSA) is 98.7 Å². The number of para-hydroxylation sites is 1. The van der Waals surface area contributed by atoms with Gasteiger partial charge >= 0.3 is 0 Å². The quantitative estimate of drug-likeness (QED) is 0.648. The second-order valence-corrected chi connectivity index (χ2v) is 8.66. The Morgan fingerprint density at radius 3 is 2.38 bits per heavy atom. The second kappa shape index (κ2) is 8.00. The van der Waals surface area contributed by atoms with Gasteiger partial charge < -0.3 is 15.0 Å². The van der Waals surface area contributed by atoms with Gasteiger partial charge in [-0.25, -0.2) is 0 Å². The minimum atomic E-state index is -0.715. The highest BCUT2D eigenvalue weighted by molar-refractivity contribution is 6.18.